The molecule has 2 heterocycles. The summed E-state index contributed by atoms with van der Waals surface area (Å²) < 4.78 is 0. The number of anilines is 1. The first-order valence-corrected chi connectivity index (χ1v) is 7.05. The first kappa shape index (κ1) is 12.8. The van der Waals surface area contributed by atoms with Crippen LogP contribution in [0.5, 0.6) is 0 Å². The van der Waals surface area contributed by atoms with Crippen LogP contribution >= 0.6 is 11.3 Å². The summed E-state index contributed by atoms with van der Waals surface area (Å²) in [5.74, 6) is -0.488. The molecule has 0 radical (unpaired) electrons. The summed E-state index contributed by atoms with van der Waals surface area (Å²) in [4.78, 5) is 30.2. The van der Waals surface area contributed by atoms with Crippen LogP contribution in [0.4, 0.5) is 5.69 Å². The van der Waals surface area contributed by atoms with Gasteiger partial charge >= 0.3 is 0 Å². The molecule has 1 aromatic carbocycles. The van der Waals surface area contributed by atoms with Crippen LogP contribution in [0.3, 0.4) is 0 Å². The standard InChI is InChI=1S/C14H13N3O2S/c1-8-12(20-7-16-8)6-15-9-3-4-10-11(5-9)14(19)17(2)13(10)18/h3-5,7,15H,6H2,1-2H3. The predicted octanol–water partition coefficient (Wildman–Crippen LogP) is 2.29. The highest BCUT2D eigenvalue weighted by Gasteiger charge is 2.32. The molecular formula is C14H13N3O2S. The van der Waals surface area contributed by atoms with Gasteiger partial charge in [-0.25, -0.2) is 4.98 Å². The van der Waals surface area contributed by atoms with E-state index in [9.17, 15) is 9.59 Å². The van der Waals surface area contributed by atoms with E-state index in [1.807, 2.05) is 18.5 Å². The Morgan fingerprint density at radius 1 is 1.25 bits per heavy atom. The lowest BCUT2D eigenvalue weighted by atomic mass is 10.1. The SMILES string of the molecule is Cc1ncsc1CNc1ccc2c(c1)C(=O)N(C)C2=O. The first-order chi connectivity index (χ1) is 9.58. The molecule has 0 unspecified atom stereocenters. The Labute approximate surface area is 120 Å². The molecule has 0 fully saturated rings. The van der Waals surface area contributed by atoms with Crippen molar-refractivity contribution >= 4 is 28.8 Å². The van der Waals surface area contributed by atoms with Gasteiger partial charge in [-0.1, -0.05) is 0 Å². The molecule has 1 N–H and O–H groups in total. The van der Waals surface area contributed by atoms with Gasteiger partial charge in [0.15, 0.2) is 0 Å². The number of nitrogens with one attached hydrogen (secondary N) is 1. The van der Waals surface area contributed by atoms with E-state index >= 15 is 0 Å². The lowest BCUT2D eigenvalue weighted by molar-refractivity contribution is 0.0693. The fourth-order valence-corrected chi connectivity index (χ4v) is 2.87. The average molecular weight is 287 g/mol. The largest absolute Gasteiger partial charge is 0.380 e. The molecule has 0 bridgehead atoms. The second-order valence-electron chi connectivity index (χ2n) is 4.64. The fourth-order valence-electron chi connectivity index (χ4n) is 2.15. The van der Waals surface area contributed by atoms with E-state index in [1.54, 1.807) is 23.5 Å². The molecule has 3 rings (SSSR count). The summed E-state index contributed by atoms with van der Waals surface area (Å²) in [6, 6.07) is 5.25. The Morgan fingerprint density at radius 3 is 2.70 bits per heavy atom. The van der Waals surface area contributed by atoms with Crippen molar-refractivity contribution in [3.05, 3.63) is 45.4 Å². The minimum absolute atomic E-state index is 0.241. The zero-order valence-electron chi connectivity index (χ0n) is 11.1. The Hall–Kier alpha value is -2.21. The van der Waals surface area contributed by atoms with Crippen LogP contribution in [0.15, 0.2) is 23.7 Å². The molecule has 0 atom stereocenters. The summed E-state index contributed by atoms with van der Waals surface area (Å²) >= 11 is 1.59. The van der Waals surface area contributed by atoms with Gasteiger partial charge in [0.05, 0.1) is 28.9 Å². The number of aromatic nitrogens is 1. The van der Waals surface area contributed by atoms with E-state index in [0.29, 0.717) is 17.7 Å². The number of carbonyl (C=O) groups excluding carboxylic acids is 2. The van der Waals surface area contributed by atoms with Gasteiger partial charge in [0.25, 0.3) is 11.8 Å². The van der Waals surface area contributed by atoms with Crippen molar-refractivity contribution in [2.75, 3.05) is 12.4 Å². The van der Waals surface area contributed by atoms with Crippen LogP contribution in [0.2, 0.25) is 0 Å². The molecule has 102 valence electrons. The molecule has 0 saturated heterocycles. The van der Waals surface area contributed by atoms with Gasteiger partial charge in [0, 0.05) is 17.6 Å². The highest BCUT2D eigenvalue weighted by molar-refractivity contribution is 7.09. The summed E-state index contributed by atoms with van der Waals surface area (Å²) in [5, 5.41) is 3.26. The maximum atomic E-state index is 11.9. The van der Waals surface area contributed by atoms with E-state index in [2.05, 4.69) is 10.3 Å². The summed E-state index contributed by atoms with van der Waals surface area (Å²) in [5.41, 5.74) is 4.58. The maximum Gasteiger partial charge on any atom is 0.261 e. The number of amides is 2. The smallest absolute Gasteiger partial charge is 0.261 e. The van der Waals surface area contributed by atoms with Gasteiger partial charge in [-0.15, -0.1) is 11.3 Å². The number of thiazole rings is 1. The Bertz CT molecular complexity index is 708. The third kappa shape index (κ3) is 1.98. The number of nitrogens with zero attached hydrogens (tertiary/aromatic N) is 2. The highest BCUT2D eigenvalue weighted by atomic mass is 32.1. The second-order valence-corrected chi connectivity index (χ2v) is 5.58. The third-order valence-electron chi connectivity index (χ3n) is 3.39. The Morgan fingerprint density at radius 2 is 2.00 bits per heavy atom. The predicted molar refractivity (Wildman–Crippen MR) is 77.0 cm³/mol. The summed E-state index contributed by atoms with van der Waals surface area (Å²) in [7, 11) is 1.50. The number of fused-ring (bicyclic) bond motifs is 1. The van der Waals surface area contributed by atoms with Crippen molar-refractivity contribution < 1.29 is 9.59 Å². The van der Waals surface area contributed by atoms with Gasteiger partial charge in [-0.3, -0.25) is 14.5 Å². The normalized spacial score (nSPS) is 13.8. The first-order valence-electron chi connectivity index (χ1n) is 6.17. The van der Waals surface area contributed by atoms with Crippen LogP contribution in [-0.2, 0) is 6.54 Å². The lowest BCUT2D eigenvalue weighted by Gasteiger charge is -2.06. The summed E-state index contributed by atoms with van der Waals surface area (Å²) in [6.07, 6.45) is 0. The molecule has 6 heteroatoms. The molecule has 0 aliphatic carbocycles. The molecule has 1 aromatic heterocycles. The van der Waals surface area contributed by atoms with E-state index in [4.69, 9.17) is 0 Å². The Kier molecular flexibility index (Phi) is 3.02. The van der Waals surface area contributed by atoms with Crippen LogP contribution < -0.4 is 5.32 Å². The van der Waals surface area contributed by atoms with Crippen LogP contribution in [0, 0.1) is 6.92 Å². The second kappa shape index (κ2) is 4.72. The van der Waals surface area contributed by atoms with Gasteiger partial charge in [0.1, 0.15) is 0 Å². The minimum Gasteiger partial charge on any atom is -0.380 e. The molecular weight excluding hydrogens is 274 g/mol. The van der Waals surface area contributed by atoms with Gasteiger partial charge < -0.3 is 5.32 Å². The molecule has 0 spiro atoms. The van der Waals surface area contributed by atoms with Gasteiger partial charge in [0.2, 0.25) is 0 Å². The van der Waals surface area contributed by atoms with Crippen molar-refractivity contribution in [3.63, 3.8) is 0 Å². The van der Waals surface area contributed by atoms with Gasteiger partial charge in [-0.05, 0) is 25.1 Å². The number of rotatable bonds is 3. The van der Waals surface area contributed by atoms with Crippen molar-refractivity contribution in [2.24, 2.45) is 0 Å². The van der Waals surface area contributed by atoms with E-state index in [0.717, 1.165) is 21.2 Å². The molecule has 5 nitrogen and oxygen atoms in total. The maximum absolute atomic E-state index is 11.9. The molecule has 1 aliphatic rings. The topological polar surface area (TPSA) is 62.3 Å². The summed E-state index contributed by atoms with van der Waals surface area (Å²) in [6.45, 7) is 2.63. The van der Waals surface area contributed by atoms with Crippen LogP contribution in [0.1, 0.15) is 31.3 Å². The minimum atomic E-state index is -0.248. The van der Waals surface area contributed by atoms with Crippen LogP contribution in [0.25, 0.3) is 0 Å². The monoisotopic (exact) mass is 287 g/mol. The van der Waals surface area contributed by atoms with Crippen molar-refractivity contribution in [3.8, 4) is 0 Å². The van der Waals surface area contributed by atoms with E-state index in [1.165, 1.54) is 7.05 Å². The zero-order chi connectivity index (χ0) is 14.3. The van der Waals surface area contributed by atoms with Crippen molar-refractivity contribution in [1.29, 1.82) is 0 Å². The average Bonchev–Trinajstić information content (AvgIpc) is 2.95. The number of hydrogen-bond donors (Lipinski definition) is 1. The van der Waals surface area contributed by atoms with Gasteiger partial charge in [-0.2, -0.15) is 0 Å². The van der Waals surface area contributed by atoms with E-state index in [-0.39, 0.29) is 11.8 Å². The fraction of sp³-hybridized carbons (Fsp3) is 0.214. The molecule has 20 heavy (non-hydrogen) atoms. The lowest BCUT2D eigenvalue weighted by Crippen LogP contribution is -2.24. The van der Waals surface area contributed by atoms with Crippen molar-refractivity contribution in [2.45, 2.75) is 13.5 Å². The number of carbonyl (C=O) groups is 2. The molecule has 0 saturated carbocycles. The third-order valence-corrected chi connectivity index (χ3v) is 4.32. The number of benzene rings is 1. The number of hydrogen-bond acceptors (Lipinski definition) is 5. The number of aryl methyl sites for hydroxylation is 1. The molecule has 1 aliphatic heterocycles. The van der Waals surface area contributed by atoms with Crippen molar-refractivity contribution in [1.82, 2.24) is 9.88 Å². The van der Waals surface area contributed by atoms with Crippen LogP contribution in [-0.4, -0.2) is 28.7 Å². The Balaban J connectivity index is 1.82. The van der Waals surface area contributed by atoms with E-state index < -0.39 is 0 Å². The molecule has 2 amide bonds. The quantitative estimate of drug-likeness (QED) is 0.880. The number of imide groups is 1. The highest BCUT2D eigenvalue weighted by Crippen LogP contribution is 2.25. The zero-order valence-corrected chi connectivity index (χ0v) is 12.0. The molecule has 2 aromatic rings.